The van der Waals surface area contributed by atoms with Crippen LogP contribution < -0.4 is 4.74 Å². The van der Waals surface area contributed by atoms with Crippen LogP contribution in [0.4, 0.5) is 0 Å². The average molecular weight is 343 g/mol. The Labute approximate surface area is 151 Å². The summed E-state index contributed by atoms with van der Waals surface area (Å²) in [6.45, 7) is 2.06. The highest BCUT2D eigenvalue weighted by Gasteiger charge is 2.42. The van der Waals surface area contributed by atoms with E-state index < -0.39 is 0 Å². The van der Waals surface area contributed by atoms with Crippen molar-refractivity contribution in [2.24, 2.45) is 0 Å². The zero-order valence-corrected chi connectivity index (χ0v) is 14.5. The van der Waals surface area contributed by atoms with Gasteiger partial charge in [-0.1, -0.05) is 24.3 Å². The number of ether oxygens (including phenoxy) is 2. The minimum absolute atomic E-state index is 0.0326. The molecule has 0 spiro atoms. The van der Waals surface area contributed by atoms with Gasteiger partial charge < -0.3 is 9.47 Å². The van der Waals surface area contributed by atoms with E-state index in [2.05, 4.69) is 30.1 Å². The first-order chi connectivity index (χ1) is 12.7. The number of benzene rings is 2. The lowest BCUT2D eigenvalue weighted by atomic mass is 9.84. The summed E-state index contributed by atoms with van der Waals surface area (Å²) >= 11 is 0. The molecule has 0 aliphatic carbocycles. The van der Waals surface area contributed by atoms with Crippen molar-refractivity contribution in [3.8, 4) is 17.0 Å². The topological polar surface area (TPSA) is 48.4 Å². The van der Waals surface area contributed by atoms with E-state index in [0.717, 1.165) is 28.5 Å². The van der Waals surface area contributed by atoms with E-state index in [1.54, 1.807) is 7.11 Å². The first-order valence-electron chi connectivity index (χ1n) is 8.59. The van der Waals surface area contributed by atoms with Crippen LogP contribution in [0.15, 0.2) is 48.7 Å². The van der Waals surface area contributed by atoms with E-state index in [1.165, 1.54) is 16.7 Å². The molecule has 1 aromatic heterocycles. The minimum atomic E-state index is -0.101. The molecule has 0 fully saturated rings. The molecule has 0 saturated carbocycles. The van der Waals surface area contributed by atoms with Gasteiger partial charge in [0.2, 0.25) is 5.88 Å². The van der Waals surface area contributed by atoms with Crippen LogP contribution in [0.1, 0.15) is 50.4 Å². The van der Waals surface area contributed by atoms with Gasteiger partial charge in [-0.25, -0.2) is 4.98 Å². The van der Waals surface area contributed by atoms with Gasteiger partial charge in [-0.3, -0.25) is 4.79 Å². The van der Waals surface area contributed by atoms with E-state index in [-0.39, 0.29) is 12.2 Å². The third-order valence-corrected chi connectivity index (χ3v) is 5.34. The van der Waals surface area contributed by atoms with Crippen LogP contribution in [0, 0.1) is 6.92 Å². The van der Waals surface area contributed by atoms with Gasteiger partial charge in [0.05, 0.1) is 7.11 Å². The number of aryl methyl sites for hydroxylation is 1. The van der Waals surface area contributed by atoms with Crippen LogP contribution >= 0.6 is 0 Å². The number of methoxy groups -OCH3 is 1. The Morgan fingerprint density at radius 2 is 1.73 bits per heavy atom. The van der Waals surface area contributed by atoms with Gasteiger partial charge in [0.15, 0.2) is 0 Å². The summed E-state index contributed by atoms with van der Waals surface area (Å²) in [5.41, 5.74) is 8.66. The van der Waals surface area contributed by atoms with E-state index in [0.29, 0.717) is 11.4 Å². The number of hydrogen-bond donors (Lipinski definition) is 0. The van der Waals surface area contributed by atoms with Gasteiger partial charge in [0.25, 0.3) is 0 Å². The van der Waals surface area contributed by atoms with Crippen molar-refractivity contribution < 1.29 is 14.3 Å². The van der Waals surface area contributed by atoms with Gasteiger partial charge in [-0.05, 0) is 52.4 Å². The maximum atomic E-state index is 11.1. The quantitative estimate of drug-likeness (QED) is 0.661. The molecule has 2 atom stereocenters. The second-order valence-corrected chi connectivity index (χ2v) is 6.79. The van der Waals surface area contributed by atoms with E-state index in [9.17, 15) is 4.79 Å². The first-order valence-corrected chi connectivity index (χ1v) is 8.59. The van der Waals surface area contributed by atoms with Crippen molar-refractivity contribution >= 4 is 6.29 Å². The molecule has 0 amide bonds. The molecule has 0 saturated heterocycles. The zero-order valence-electron chi connectivity index (χ0n) is 14.5. The molecule has 3 heterocycles. The summed E-state index contributed by atoms with van der Waals surface area (Å²) in [5.74, 6) is 0.616. The number of pyridine rings is 1. The lowest BCUT2D eigenvalue weighted by molar-refractivity contribution is 0.0857. The summed E-state index contributed by atoms with van der Waals surface area (Å²) in [7, 11) is 1.62. The fraction of sp³-hybridized carbons (Fsp3) is 0.182. The molecule has 5 rings (SSSR count). The van der Waals surface area contributed by atoms with Crippen molar-refractivity contribution in [1.82, 2.24) is 4.98 Å². The van der Waals surface area contributed by atoms with E-state index >= 15 is 0 Å². The molecule has 128 valence electrons. The Morgan fingerprint density at radius 1 is 1.00 bits per heavy atom. The highest BCUT2D eigenvalue weighted by atomic mass is 16.5. The number of hydrogen-bond acceptors (Lipinski definition) is 4. The lowest BCUT2D eigenvalue weighted by Gasteiger charge is -2.17. The van der Waals surface area contributed by atoms with Gasteiger partial charge in [-0.15, -0.1) is 0 Å². The van der Waals surface area contributed by atoms with Gasteiger partial charge >= 0.3 is 0 Å². The van der Waals surface area contributed by atoms with Gasteiger partial charge in [0.1, 0.15) is 18.5 Å². The summed E-state index contributed by atoms with van der Waals surface area (Å²) in [4.78, 5) is 15.5. The SMILES string of the molecule is COc1cc(C)c(-c2ccc3c(c2)C2OC3c3ccc(C=O)cc32)cn1. The van der Waals surface area contributed by atoms with Crippen LogP contribution in [-0.2, 0) is 4.74 Å². The van der Waals surface area contributed by atoms with Crippen LogP contribution in [0.5, 0.6) is 5.88 Å². The molecule has 2 aromatic carbocycles. The highest BCUT2D eigenvalue weighted by Crippen LogP contribution is 2.54. The number of rotatable bonds is 3. The molecule has 4 nitrogen and oxygen atoms in total. The number of carbonyl (C=O) groups is 1. The molecule has 26 heavy (non-hydrogen) atoms. The molecule has 2 unspecified atom stereocenters. The summed E-state index contributed by atoms with van der Waals surface area (Å²) in [6, 6.07) is 14.2. The second kappa shape index (κ2) is 5.51. The van der Waals surface area contributed by atoms with Crippen molar-refractivity contribution in [3.63, 3.8) is 0 Å². The third-order valence-electron chi connectivity index (χ3n) is 5.34. The molecular formula is C22H17NO3. The molecule has 0 N–H and O–H groups in total. The van der Waals surface area contributed by atoms with Gasteiger partial charge in [0, 0.05) is 23.4 Å². The number of fused-ring (bicyclic) bond motifs is 8. The molecule has 0 radical (unpaired) electrons. The molecule has 2 aliphatic rings. The second-order valence-electron chi connectivity index (χ2n) is 6.79. The fourth-order valence-electron chi connectivity index (χ4n) is 4.05. The van der Waals surface area contributed by atoms with Crippen LogP contribution in [0.3, 0.4) is 0 Å². The molecule has 2 bridgehead atoms. The van der Waals surface area contributed by atoms with Crippen molar-refractivity contribution in [2.75, 3.05) is 7.11 Å². The van der Waals surface area contributed by atoms with Crippen LogP contribution in [0.25, 0.3) is 11.1 Å². The number of carbonyl (C=O) groups excluding carboxylic acids is 1. The maximum Gasteiger partial charge on any atom is 0.213 e. The third kappa shape index (κ3) is 2.06. The zero-order chi connectivity index (χ0) is 17.8. The number of aldehydes is 1. The number of nitrogens with zero attached hydrogens (tertiary/aromatic N) is 1. The van der Waals surface area contributed by atoms with Crippen molar-refractivity contribution in [3.05, 3.63) is 82.0 Å². The Hall–Kier alpha value is -2.98. The molecule has 2 aliphatic heterocycles. The summed E-state index contributed by atoms with van der Waals surface area (Å²) < 4.78 is 11.4. The Morgan fingerprint density at radius 3 is 2.46 bits per heavy atom. The van der Waals surface area contributed by atoms with Crippen molar-refractivity contribution in [1.29, 1.82) is 0 Å². The summed E-state index contributed by atoms with van der Waals surface area (Å²) in [5, 5.41) is 0. The smallest absolute Gasteiger partial charge is 0.213 e. The maximum absolute atomic E-state index is 11.1. The van der Waals surface area contributed by atoms with Crippen molar-refractivity contribution in [2.45, 2.75) is 19.1 Å². The monoisotopic (exact) mass is 343 g/mol. The minimum Gasteiger partial charge on any atom is -0.481 e. The first kappa shape index (κ1) is 15.3. The molecule has 4 heteroatoms. The van der Waals surface area contributed by atoms with Crippen LogP contribution in [-0.4, -0.2) is 18.4 Å². The lowest BCUT2D eigenvalue weighted by Crippen LogP contribution is -2.04. The molecule has 3 aromatic rings. The highest BCUT2D eigenvalue weighted by molar-refractivity contribution is 5.77. The Bertz CT molecular complexity index is 1060. The average Bonchev–Trinajstić information content (AvgIpc) is 3.24. The van der Waals surface area contributed by atoms with Crippen LogP contribution in [0.2, 0.25) is 0 Å². The molecular weight excluding hydrogens is 326 g/mol. The van der Waals surface area contributed by atoms with E-state index in [4.69, 9.17) is 9.47 Å². The predicted octanol–water partition coefficient (Wildman–Crippen LogP) is 4.40. The standard InChI is InChI=1S/C22H17NO3/c1-12-7-20(25-2)23-10-19(12)14-4-6-16-18(9-14)22-17-8-13(11-24)3-5-15(17)21(16)26-22/h3-11,21-22H,1-2H3. The summed E-state index contributed by atoms with van der Waals surface area (Å²) in [6.07, 6.45) is 2.60. The predicted molar refractivity (Wildman–Crippen MR) is 97.6 cm³/mol. The van der Waals surface area contributed by atoms with E-state index in [1.807, 2.05) is 30.5 Å². The Kier molecular flexibility index (Phi) is 3.24. The number of aromatic nitrogens is 1. The Balaban J connectivity index is 1.60. The normalized spacial score (nSPS) is 19.2. The largest absolute Gasteiger partial charge is 0.481 e. The fourth-order valence-corrected chi connectivity index (χ4v) is 4.05. The van der Waals surface area contributed by atoms with Gasteiger partial charge in [-0.2, -0.15) is 0 Å².